The van der Waals surface area contributed by atoms with Gasteiger partial charge in [0.05, 0.1) is 0 Å². The second kappa shape index (κ2) is 6.96. The van der Waals surface area contributed by atoms with E-state index < -0.39 is 0 Å². The summed E-state index contributed by atoms with van der Waals surface area (Å²) in [6.45, 7) is 4.34. The number of nitrogens with zero attached hydrogens (tertiary/aromatic N) is 1. The second-order valence-electron chi connectivity index (χ2n) is 4.30. The Labute approximate surface area is 106 Å². The molecule has 0 aliphatic heterocycles. The van der Waals surface area contributed by atoms with Crippen LogP contribution in [0.25, 0.3) is 0 Å². The van der Waals surface area contributed by atoms with Crippen molar-refractivity contribution in [2.45, 2.75) is 26.3 Å². The predicted molar refractivity (Wildman–Crippen MR) is 69.0 cm³/mol. The fourth-order valence-corrected chi connectivity index (χ4v) is 1.56. The number of carbonyl (C=O) groups is 1. The van der Waals surface area contributed by atoms with E-state index in [-0.39, 0.29) is 24.5 Å². The predicted octanol–water partition coefficient (Wildman–Crippen LogP) is 2.45. The van der Waals surface area contributed by atoms with Crippen molar-refractivity contribution in [1.82, 2.24) is 4.90 Å². The molecule has 0 saturated carbocycles. The first kappa shape index (κ1) is 14.4. The lowest BCUT2D eigenvalue weighted by molar-refractivity contribution is 0.186. The number of benzene rings is 1. The third-order valence-electron chi connectivity index (χ3n) is 2.54. The Morgan fingerprint density at radius 2 is 2.00 bits per heavy atom. The van der Waals surface area contributed by atoms with Crippen LogP contribution in [0.15, 0.2) is 24.3 Å². The molecule has 1 aromatic rings. The minimum atomic E-state index is -0.339. The van der Waals surface area contributed by atoms with Crippen LogP contribution in [0.1, 0.15) is 20.3 Å². The van der Waals surface area contributed by atoms with Gasteiger partial charge in [-0.05, 0) is 44.5 Å². The number of nitrogens with one attached hydrogen (secondary N) is 1. The number of aliphatic hydroxyl groups excluding tert-OH is 1. The minimum absolute atomic E-state index is 0.0389. The first-order valence-corrected chi connectivity index (χ1v) is 5.98. The summed E-state index contributed by atoms with van der Waals surface area (Å²) in [6.07, 6.45) is 0.537. The van der Waals surface area contributed by atoms with Gasteiger partial charge in [-0.3, -0.25) is 0 Å². The number of rotatable bonds is 5. The maximum absolute atomic E-state index is 12.7. The third-order valence-corrected chi connectivity index (χ3v) is 2.54. The maximum Gasteiger partial charge on any atom is 0.322 e. The topological polar surface area (TPSA) is 52.6 Å². The molecule has 0 spiro atoms. The number of aliphatic hydroxyl groups is 1. The molecule has 5 heteroatoms. The van der Waals surface area contributed by atoms with E-state index in [9.17, 15) is 9.18 Å². The van der Waals surface area contributed by atoms with E-state index in [4.69, 9.17) is 5.11 Å². The number of hydrogen-bond donors (Lipinski definition) is 2. The lowest BCUT2D eigenvalue weighted by Crippen LogP contribution is -2.40. The zero-order valence-electron chi connectivity index (χ0n) is 10.7. The molecule has 0 bridgehead atoms. The SMILES string of the molecule is CC(C)N(CCCO)C(=O)Nc1ccc(F)cc1. The van der Waals surface area contributed by atoms with Gasteiger partial charge in [0.1, 0.15) is 5.82 Å². The van der Waals surface area contributed by atoms with Crippen LogP contribution in [0.2, 0.25) is 0 Å². The van der Waals surface area contributed by atoms with Gasteiger partial charge in [-0.15, -0.1) is 0 Å². The minimum Gasteiger partial charge on any atom is -0.396 e. The van der Waals surface area contributed by atoms with Crippen molar-refractivity contribution in [2.24, 2.45) is 0 Å². The van der Waals surface area contributed by atoms with E-state index in [2.05, 4.69) is 5.32 Å². The molecule has 18 heavy (non-hydrogen) atoms. The van der Waals surface area contributed by atoms with Crippen LogP contribution in [0.5, 0.6) is 0 Å². The molecule has 0 saturated heterocycles. The van der Waals surface area contributed by atoms with E-state index in [0.29, 0.717) is 18.7 Å². The molecule has 100 valence electrons. The van der Waals surface area contributed by atoms with Crippen LogP contribution in [0.3, 0.4) is 0 Å². The van der Waals surface area contributed by atoms with Crippen molar-refractivity contribution in [3.05, 3.63) is 30.1 Å². The number of anilines is 1. The van der Waals surface area contributed by atoms with Crippen LogP contribution >= 0.6 is 0 Å². The van der Waals surface area contributed by atoms with Crippen molar-refractivity contribution >= 4 is 11.7 Å². The van der Waals surface area contributed by atoms with Gasteiger partial charge in [0.15, 0.2) is 0 Å². The first-order chi connectivity index (χ1) is 8.54. The second-order valence-corrected chi connectivity index (χ2v) is 4.30. The van der Waals surface area contributed by atoms with Crippen molar-refractivity contribution < 1.29 is 14.3 Å². The molecule has 0 aromatic heterocycles. The molecule has 2 N–H and O–H groups in total. The molecule has 4 nitrogen and oxygen atoms in total. The highest BCUT2D eigenvalue weighted by atomic mass is 19.1. The molecule has 0 fully saturated rings. The van der Waals surface area contributed by atoms with Crippen molar-refractivity contribution in [2.75, 3.05) is 18.5 Å². The van der Waals surface area contributed by atoms with Crippen LogP contribution in [0.4, 0.5) is 14.9 Å². The van der Waals surface area contributed by atoms with Gasteiger partial charge in [-0.2, -0.15) is 0 Å². The van der Waals surface area contributed by atoms with Gasteiger partial charge < -0.3 is 15.3 Å². The highest BCUT2D eigenvalue weighted by Crippen LogP contribution is 2.10. The van der Waals surface area contributed by atoms with Crippen molar-refractivity contribution in [1.29, 1.82) is 0 Å². The molecule has 1 aromatic carbocycles. The Balaban J connectivity index is 2.63. The summed E-state index contributed by atoms with van der Waals surface area (Å²) in [4.78, 5) is 13.6. The van der Waals surface area contributed by atoms with E-state index in [1.54, 1.807) is 4.90 Å². The average Bonchev–Trinajstić information content (AvgIpc) is 2.32. The quantitative estimate of drug-likeness (QED) is 0.848. The lowest BCUT2D eigenvalue weighted by Gasteiger charge is -2.26. The smallest absolute Gasteiger partial charge is 0.322 e. The highest BCUT2D eigenvalue weighted by Gasteiger charge is 2.16. The largest absolute Gasteiger partial charge is 0.396 e. The van der Waals surface area contributed by atoms with Crippen LogP contribution in [0, 0.1) is 5.82 Å². The van der Waals surface area contributed by atoms with E-state index in [1.807, 2.05) is 13.8 Å². The fourth-order valence-electron chi connectivity index (χ4n) is 1.56. The highest BCUT2D eigenvalue weighted by molar-refractivity contribution is 5.89. The van der Waals surface area contributed by atoms with Gasteiger partial charge in [-0.25, -0.2) is 9.18 Å². The van der Waals surface area contributed by atoms with E-state index in [0.717, 1.165) is 0 Å². The van der Waals surface area contributed by atoms with E-state index >= 15 is 0 Å². The Hall–Kier alpha value is -1.62. The summed E-state index contributed by atoms with van der Waals surface area (Å²) in [7, 11) is 0. The molecule has 0 aliphatic rings. The molecular weight excluding hydrogens is 235 g/mol. The van der Waals surface area contributed by atoms with Crippen LogP contribution < -0.4 is 5.32 Å². The molecular formula is C13H19FN2O2. The summed E-state index contributed by atoms with van der Waals surface area (Å²) >= 11 is 0. The van der Waals surface area contributed by atoms with Gasteiger partial charge >= 0.3 is 6.03 Å². The zero-order chi connectivity index (χ0) is 13.5. The van der Waals surface area contributed by atoms with Crippen molar-refractivity contribution in [3.8, 4) is 0 Å². The normalized spacial score (nSPS) is 10.5. The molecule has 0 heterocycles. The third kappa shape index (κ3) is 4.33. The summed E-state index contributed by atoms with van der Waals surface area (Å²) in [6, 6.07) is 5.41. The molecule has 2 amide bonds. The summed E-state index contributed by atoms with van der Waals surface area (Å²) < 4.78 is 12.7. The Morgan fingerprint density at radius 3 is 2.50 bits per heavy atom. The number of halogens is 1. The van der Waals surface area contributed by atoms with Gasteiger partial charge in [0.25, 0.3) is 0 Å². The number of hydrogen-bond acceptors (Lipinski definition) is 2. The summed E-state index contributed by atoms with van der Waals surface area (Å²) in [5, 5.41) is 11.5. The number of amides is 2. The Kier molecular flexibility index (Phi) is 5.58. The molecule has 0 radical (unpaired) electrons. The van der Waals surface area contributed by atoms with Gasteiger partial charge in [0, 0.05) is 24.9 Å². The lowest BCUT2D eigenvalue weighted by atomic mass is 10.3. The monoisotopic (exact) mass is 254 g/mol. The van der Waals surface area contributed by atoms with Crippen LogP contribution in [-0.4, -0.2) is 35.2 Å². The van der Waals surface area contributed by atoms with E-state index in [1.165, 1.54) is 24.3 Å². The van der Waals surface area contributed by atoms with Crippen LogP contribution in [-0.2, 0) is 0 Å². The zero-order valence-corrected chi connectivity index (χ0v) is 10.7. The molecule has 0 aliphatic carbocycles. The van der Waals surface area contributed by atoms with Gasteiger partial charge in [0.2, 0.25) is 0 Å². The summed E-state index contributed by atoms with van der Waals surface area (Å²) in [5.41, 5.74) is 0.552. The van der Waals surface area contributed by atoms with Crippen molar-refractivity contribution in [3.63, 3.8) is 0 Å². The summed E-state index contributed by atoms with van der Waals surface area (Å²) in [5.74, 6) is -0.339. The van der Waals surface area contributed by atoms with Gasteiger partial charge in [-0.1, -0.05) is 0 Å². The first-order valence-electron chi connectivity index (χ1n) is 5.98. The molecule has 0 atom stereocenters. The maximum atomic E-state index is 12.7. The number of carbonyl (C=O) groups excluding carboxylic acids is 1. The number of urea groups is 1. The Morgan fingerprint density at radius 1 is 1.39 bits per heavy atom. The molecule has 1 rings (SSSR count). The Bertz CT molecular complexity index is 379. The average molecular weight is 254 g/mol. The molecule has 0 unspecified atom stereocenters. The standard InChI is InChI=1S/C13H19FN2O2/c1-10(2)16(8-3-9-17)13(18)15-12-6-4-11(14)5-7-12/h4-7,10,17H,3,8-9H2,1-2H3,(H,15,18). The fraction of sp³-hybridized carbons (Fsp3) is 0.462.